The van der Waals surface area contributed by atoms with Crippen LogP contribution in [-0.2, 0) is 16.1 Å². The summed E-state index contributed by atoms with van der Waals surface area (Å²) in [6, 6.07) is 7.73. The number of ether oxygens (including phenoxy) is 1. The average molecular weight is 306 g/mol. The highest BCUT2D eigenvalue weighted by Gasteiger charge is 2.35. The maximum Gasteiger partial charge on any atom is 0.410 e. The molecule has 2 rings (SSSR count). The van der Waals surface area contributed by atoms with E-state index in [4.69, 9.17) is 10.5 Å². The fraction of sp³-hybridized carbons (Fsp3) is 0.357. The van der Waals surface area contributed by atoms with E-state index in [1.807, 2.05) is 35.8 Å². The number of benzene rings is 1. The normalized spacial score (nSPS) is 16.9. The summed E-state index contributed by atoms with van der Waals surface area (Å²) in [5, 5.41) is 0. The van der Waals surface area contributed by atoms with Gasteiger partial charge in [0.1, 0.15) is 12.6 Å². The van der Waals surface area contributed by atoms with Gasteiger partial charge >= 0.3 is 12.1 Å². The van der Waals surface area contributed by atoms with Crippen LogP contribution in [0, 0.1) is 0 Å². The van der Waals surface area contributed by atoms with Crippen LogP contribution in [0.3, 0.4) is 0 Å². The highest BCUT2D eigenvalue weighted by molar-refractivity contribution is 5.87. The Morgan fingerprint density at radius 2 is 1.95 bits per heavy atom. The number of primary amides is 1. The number of likely N-dealkylation sites (tertiary alicyclic amines) is 1. The number of carbonyl (C=O) groups is 3. The van der Waals surface area contributed by atoms with Gasteiger partial charge in [-0.1, -0.05) is 30.3 Å². The zero-order valence-corrected chi connectivity index (χ0v) is 12.0. The second-order valence-corrected chi connectivity index (χ2v) is 4.87. The summed E-state index contributed by atoms with van der Waals surface area (Å²) in [4.78, 5) is 35.9. The van der Waals surface area contributed by atoms with Gasteiger partial charge in [-0.15, -0.1) is 0 Å². The number of nitrogens with one attached hydrogen (secondary N) is 2. The van der Waals surface area contributed by atoms with Crippen molar-refractivity contribution < 1.29 is 19.1 Å². The maximum absolute atomic E-state index is 12.1. The Morgan fingerprint density at radius 1 is 1.23 bits per heavy atom. The van der Waals surface area contributed by atoms with E-state index in [0.717, 1.165) is 5.56 Å². The Kier molecular flexibility index (Phi) is 5.18. The van der Waals surface area contributed by atoms with Gasteiger partial charge in [0.2, 0.25) is 0 Å². The van der Waals surface area contributed by atoms with Gasteiger partial charge in [0.05, 0.1) is 0 Å². The molecule has 1 aromatic carbocycles. The monoisotopic (exact) mass is 306 g/mol. The zero-order valence-electron chi connectivity index (χ0n) is 12.0. The van der Waals surface area contributed by atoms with Crippen LogP contribution in [0.4, 0.5) is 9.59 Å². The predicted octanol–water partition coefficient (Wildman–Crippen LogP) is 0.487. The molecule has 0 spiro atoms. The lowest BCUT2D eigenvalue weighted by atomic mass is 10.2. The first kappa shape index (κ1) is 15.6. The number of hydrogen-bond acceptors (Lipinski definition) is 4. The molecule has 1 aliphatic heterocycles. The van der Waals surface area contributed by atoms with E-state index in [9.17, 15) is 14.4 Å². The number of hydrogen-bond donors (Lipinski definition) is 3. The third kappa shape index (κ3) is 4.11. The number of nitrogens with two attached hydrogens (primary N) is 1. The third-order valence-corrected chi connectivity index (χ3v) is 3.30. The molecule has 4 N–H and O–H groups in total. The molecule has 8 heteroatoms. The fourth-order valence-electron chi connectivity index (χ4n) is 2.27. The summed E-state index contributed by atoms with van der Waals surface area (Å²) in [5.74, 6) is -0.493. The Hall–Kier alpha value is -2.77. The lowest BCUT2D eigenvalue weighted by Crippen LogP contribution is -2.52. The number of hydrazine groups is 1. The molecule has 1 fully saturated rings. The first-order chi connectivity index (χ1) is 10.6. The number of urea groups is 1. The average Bonchev–Trinajstić information content (AvgIpc) is 3.01. The molecular weight excluding hydrogens is 288 g/mol. The highest BCUT2D eigenvalue weighted by atomic mass is 16.6. The van der Waals surface area contributed by atoms with Crippen LogP contribution in [0.1, 0.15) is 18.4 Å². The molecule has 0 unspecified atom stereocenters. The van der Waals surface area contributed by atoms with Crippen molar-refractivity contribution >= 4 is 18.0 Å². The molecule has 0 aromatic heterocycles. The van der Waals surface area contributed by atoms with Crippen LogP contribution in [0.2, 0.25) is 0 Å². The molecule has 4 amide bonds. The molecular formula is C14H18N4O4. The Balaban J connectivity index is 1.87. The van der Waals surface area contributed by atoms with Gasteiger partial charge in [0.25, 0.3) is 5.91 Å². The smallest absolute Gasteiger partial charge is 0.410 e. The van der Waals surface area contributed by atoms with Crippen molar-refractivity contribution in [1.82, 2.24) is 15.8 Å². The van der Waals surface area contributed by atoms with Gasteiger partial charge in [-0.25, -0.2) is 15.0 Å². The molecule has 1 saturated heterocycles. The van der Waals surface area contributed by atoms with Gasteiger partial charge in [-0.05, 0) is 18.4 Å². The van der Waals surface area contributed by atoms with Crippen LogP contribution in [-0.4, -0.2) is 35.5 Å². The summed E-state index contributed by atoms with van der Waals surface area (Å²) in [6.07, 6.45) is 0.641. The summed E-state index contributed by atoms with van der Waals surface area (Å²) in [6.45, 7) is 0.576. The van der Waals surface area contributed by atoms with E-state index in [0.29, 0.717) is 19.4 Å². The number of rotatable bonds is 3. The molecule has 0 radical (unpaired) electrons. The van der Waals surface area contributed by atoms with E-state index in [2.05, 4.69) is 5.43 Å². The highest BCUT2D eigenvalue weighted by Crippen LogP contribution is 2.18. The molecule has 1 heterocycles. The largest absolute Gasteiger partial charge is 0.445 e. The Labute approximate surface area is 127 Å². The van der Waals surface area contributed by atoms with E-state index in [1.54, 1.807) is 0 Å². The van der Waals surface area contributed by atoms with Gasteiger partial charge in [-0.2, -0.15) is 0 Å². The van der Waals surface area contributed by atoms with Crippen molar-refractivity contribution in [3.63, 3.8) is 0 Å². The molecule has 1 atom stereocenters. The van der Waals surface area contributed by atoms with Crippen molar-refractivity contribution in [2.45, 2.75) is 25.5 Å². The standard InChI is InChI=1S/C14H18N4O4/c15-13(20)17-16-12(19)11-7-4-8-18(11)14(21)22-9-10-5-2-1-3-6-10/h1-3,5-6,11H,4,7-9H2,(H,16,19)(H3,15,17,20)/t11-/m0/s1. The first-order valence-electron chi connectivity index (χ1n) is 6.90. The second-order valence-electron chi connectivity index (χ2n) is 4.87. The maximum atomic E-state index is 12.1. The topological polar surface area (TPSA) is 114 Å². The van der Waals surface area contributed by atoms with Crippen molar-refractivity contribution in [3.05, 3.63) is 35.9 Å². The minimum atomic E-state index is -0.871. The van der Waals surface area contributed by atoms with Crippen molar-refractivity contribution in [2.24, 2.45) is 5.73 Å². The lowest BCUT2D eigenvalue weighted by molar-refractivity contribution is -0.125. The number of amides is 4. The van der Waals surface area contributed by atoms with Gasteiger partial charge in [-0.3, -0.25) is 15.1 Å². The SMILES string of the molecule is NC(=O)NNC(=O)[C@@H]1CCCN1C(=O)OCc1ccccc1. The van der Waals surface area contributed by atoms with E-state index >= 15 is 0 Å². The lowest BCUT2D eigenvalue weighted by Gasteiger charge is -2.23. The van der Waals surface area contributed by atoms with Crippen LogP contribution >= 0.6 is 0 Å². The number of nitrogens with zero attached hydrogens (tertiary/aromatic N) is 1. The Morgan fingerprint density at radius 3 is 2.64 bits per heavy atom. The zero-order chi connectivity index (χ0) is 15.9. The van der Waals surface area contributed by atoms with Crippen molar-refractivity contribution in [3.8, 4) is 0 Å². The summed E-state index contributed by atoms with van der Waals surface area (Å²) < 4.78 is 5.21. The van der Waals surface area contributed by atoms with Crippen LogP contribution in [0.15, 0.2) is 30.3 Å². The van der Waals surface area contributed by atoms with Gasteiger partial charge in [0, 0.05) is 6.54 Å². The first-order valence-corrected chi connectivity index (χ1v) is 6.90. The molecule has 22 heavy (non-hydrogen) atoms. The van der Waals surface area contributed by atoms with Crippen LogP contribution in [0.5, 0.6) is 0 Å². The van der Waals surface area contributed by atoms with E-state index in [1.165, 1.54) is 4.90 Å². The molecule has 1 aromatic rings. The van der Waals surface area contributed by atoms with E-state index < -0.39 is 24.1 Å². The molecule has 8 nitrogen and oxygen atoms in total. The summed E-state index contributed by atoms with van der Waals surface area (Å²) in [5.41, 5.74) is 9.91. The summed E-state index contributed by atoms with van der Waals surface area (Å²) in [7, 11) is 0. The molecule has 0 saturated carbocycles. The fourth-order valence-corrected chi connectivity index (χ4v) is 2.27. The molecule has 0 aliphatic carbocycles. The van der Waals surface area contributed by atoms with Gasteiger partial charge in [0.15, 0.2) is 0 Å². The van der Waals surface area contributed by atoms with Crippen LogP contribution in [0.25, 0.3) is 0 Å². The minimum Gasteiger partial charge on any atom is -0.445 e. The van der Waals surface area contributed by atoms with Crippen molar-refractivity contribution in [1.29, 1.82) is 0 Å². The molecule has 118 valence electrons. The van der Waals surface area contributed by atoms with Crippen LogP contribution < -0.4 is 16.6 Å². The second kappa shape index (κ2) is 7.30. The minimum absolute atomic E-state index is 0.143. The molecule has 0 bridgehead atoms. The third-order valence-electron chi connectivity index (χ3n) is 3.30. The molecule has 1 aliphatic rings. The number of carbonyl (C=O) groups excluding carboxylic acids is 3. The quantitative estimate of drug-likeness (QED) is 0.705. The van der Waals surface area contributed by atoms with Gasteiger partial charge < -0.3 is 10.5 Å². The van der Waals surface area contributed by atoms with E-state index in [-0.39, 0.29) is 6.61 Å². The van der Waals surface area contributed by atoms with Crippen molar-refractivity contribution in [2.75, 3.05) is 6.54 Å². The Bertz CT molecular complexity index is 549. The summed E-state index contributed by atoms with van der Waals surface area (Å²) >= 11 is 0. The predicted molar refractivity (Wildman–Crippen MR) is 77.2 cm³/mol.